The number of amides is 3. The quantitative estimate of drug-likeness (QED) is 0.206. The van der Waals surface area contributed by atoms with Gasteiger partial charge in [0.05, 0.1) is 6.61 Å². The lowest BCUT2D eigenvalue weighted by molar-refractivity contribution is -0.141. The highest BCUT2D eigenvalue weighted by molar-refractivity contribution is 6.00. The third kappa shape index (κ3) is 8.45. The van der Waals surface area contributed by atoms with Crippen LogP contribution in [-0.2, 0) is 20.7 Å². The summed E-state index contributed by atoms with van der Waals surface area (Å²) < 4.78 is 5.48. The van der Waals surface area contributed by atoms with Crippen molar-refractivity contribution in [3.63, 3.8) is 0 Å². The molecule has 3 N–H and O–H groups in total. The van der Waals surface area contributed by atoms with Crippen molar-refractivity contribution >= 4 is 34.4 Å². The van der Waals surface area contributed by atoms with Crippen LogP contribution < -0.4 is 10.6 Å². The number of hydrogen-bond donors (Lipinski definition) is 3. The van der Waals surface area contributed by atoms with Crippen molar-refractivity contribution in [2.75, 3.05) is 18.5 Å². The molecular weight excluding hydrogens is 554 g/mol. The Balaban J connectivity index is 1.74. The van der Waals surface area contributed by atoms with E-state index in [9.17, 15) is 19.5 Å². The summed E-state index contributed by atoms with van der Waals surface area (Å²) in [5.41, 5.74) is 3.19. The van der Waals surface area contributed by atoms with Gasteiger partial charge in [-0.2, -0.15) is 0 Å². The third-order valence-corrected chi connectivity index (χ3v) is 7.32. The van der Waals surface area contributed by atoms with Crippen LogP contribution in [0.4, 0.5) is 10.5 Å². The van der Waals surface area contributed by atoms with Gasteiger partial charge in [0.25, 0.3) is 5.91 Å². The zero-order valence-electron chi connectivity index (χ0n) is 26.0. The number of rotatable bonds is 10. The van der Waals surface area contributed by atoms with Crippen LogP contribution in [0.5, 0.6) is 0 Å². The summed E-state index contributed by atoms with van der Waals surface area (Å²) >= 11 is 0. The minimum atomic E-state index is -1.10. The molecule has 0 aliphatic rings. The lowest BCUT2D eigenvalue weighted by Gasteiger charge is -2.34. The second kappa shape index (κ2) is 14.2. The van der Waals surface area contributed by atoms with Gasteiger partial charge in [0.2, 0.25) is 5.91 Å². The lowest BCUT2D eigenvalue weighted by Crippen LogP contribution is -2.53. The van der Waals surface area contributed by atoms with Crippen molar-refractivity contribution in [1.29, 1.82) is 0 Å². The summed E-state index contributed by atoms with van der Waals surface area (Å²) in [5.74, 6) is -0.966. The predicted molar refractivity (Wildman–Crippen MR) is 173 cm³/mol. The molecule has 0 aliphatic carbocycles. The number of nitrogens with zero attached hydrogens (tertiary/aromatic N) is 1. The van der Waals surface area contributed by atoms with Gasteiger partial charge in [0.1, 0.15) is 17.7 Å². The number of aryl methyl sites for hydroxylation is 2. The maximum Gasteiger partial charge on any atom is 0.408 e. The molecule has 0 bridgehead atoms. The first-order valence-electron chi connectivity index (χ1n) is 14.8. The molecule has 0 heterocycles. The number of aliphatic hydroxyl groups excluding tert-OH is 1. The van der Waals surface area contributed by atoms with Gasteiger partial charge in [-0.05, 0) is 79.8 Å². The molecule has 4 rings (SSSR count). The number of fused-ring (bicyclic) bond motifs is 1. The fourth-order valence-electron chi connectivity index (χ4n) is 5.06. The Morgan fingerprint density at radius 2 is 1.52 bits per heavy atom. The number of carbonyl (C=O) groups excluding carboxylic acids is 3. The van der Waals surface area contributed by atoms with Crippen molar-refractivity contribution in [2.24, 2.45) is 0 Å². The first kappa shape index (κ1) is 32.2. The zero-order chi connectivity index (χ0) is 31.9. The molecule has 8 nitrogen and oxygen atoms in total. The first-order valence-corrected chi connectivity index (χ1v) is 14.8. The number of alkyl carbamates (subject to hydrolysis) is 1. The van der Waals surface area contributed by atoms with Crippen molar-refractivity contribution < 1.29 is 24.2 Å². The van der Waals surface area contributed by atoms with Gasteiger partial charge in [-0.15, -0.1) is 0 Å². The molecule has 4 aromatic rings. The van der Waals surface area contributed by atoms with E-state index in [1.807, 2.05) is 105 Å². The molecule has 0 aromatic heterocycles. The minimum absolute atomic E-state index is 0.136. The highest BCUT2D eigenvalue weighted by Gasteiger charge is 2.36. The molecule has 0 radical (unpaired) electrons. The maximum absolute atomic E-state index is 14.4. The zero-order valence-corrected chi connectivity index (χ0v) is 26.0. The van der Waals surface area contributed by atoms with Crippen molar-refractivity contribution in [3.8, 4) is 0 Å². The molecule has 0 saturated carbocycles. The summed E-state index contributed by atoms with van der Waals surface area (Å²) in [5, 5.41) is 17.9. The van der Waals surface area contributed by atoms with Crippen molar-refractivity contribution in [2.45, 2.75) is 58.7 Å². The van der Waals surface area contributed by atoms with E-state index < -0.39 is 35.6 Å². The van der Waals surface area contributed by atoms with E-state index in [2.05, 4.69) is 10.6 Å². The summed E-state index contributed by atoms with van der Waals surface area (Å²) in [7, 11) is 0. The molecule has 44 heavy (non-hydrogen) atoms. The Morgan fingerprint density at radius 3 is 2.18 bits per heavy atom. The van der Waals surface area contributed by atoms with Gasteiger partial charge in [0, 0.05) is 18.7 Å². The van der Waals surface area contributed by atoms with E-state index in [0.29, 0.717) is 11.3 Å². The van der Waals surface area contributed by atoms with Crippen LogP contribution in [0, 0.1) is 13.8 Å². The first-order chi connectivity index (χ1) is 20.9. The molecule has 4 aromatic carbocycles. The number of anilines is 1. The summed E-state index contributed by atoms with van der Waals surface area (Å²) in [6.07, 6.45) is -0.591. The molecule has 2 unspecified atom stereocenters. The van der Waals surface area contributed by atoms with Crippen LogP contribution in [0.3, 0.4) is 0 Å². The van der Waals surface area contributed by atoms with Crippen molar-refractivity contribution in [1.82, 2.24) is 10.2 Å². The van der Waals surface area contributed by atoms with E-state index in [1.54, 1.807) is 20.8 Å². The average molecular weight is 596 g/mol. The molecule has 2 atom stereocenters. The second-order valence-electron chi connectivity index (χ2n) is 11.9. The van der Waals surface area contributed by atoms with Crippen LogP contribution >= 0.6 is 0 Å². The topological polar surface area (TPSA) is 108 Å². The van der Waals surface area contributed by atoms with Gasteiger partial charge >= 0.3 is 6.09 Å². The van der Waals surface area contributed by atoms with E-state index in [-0.39, 0.29) is 19.6 Å². The van der Waals surface area contributed by atoms with Crippen LogP contribution in [0.25, 0.3) is 10.8 Å². The van der Waals surface area contributed by atoms with Crippen LogP contribution in [0.1, 0.15) is 49.1 Å². The molecule has 8 heteroatoms. The number of hydrogen-bond acceptors (Lipinski definition) is 5. The average Bonchev–Trinajstić information content (AvgIpc) is 2.97. The Morgan fingerprint density at radius 1 is 0.841 bits per heavy atom. The van der Waals surface area contributed by atoms with Gasteiger partial charge in [-0.25, -0.2) is 4.79 Å². The maximum atomic E-state index is 14.4. The van der Waals surface area contributed by atoms with Crippen LogP contribution in [0.2, 0.25) is 0 Å². The Kier molecular flexibility index (Phi) is 10.4. The largest absolute Gasteiger partial charge is 0.444 e. The van der Waals surface area contributed by atoms with E-state index >= 15 is 0 Å². The third-order valence-electron chi connectivity index (χ3n) is 7.32. The predicted octanol–water partition coefficient (Wildman–Crippen LogP) is 6.09. The lowest BCUT2D eigenvalue weighted by atomic mass is 9.97. The Bertz CT molecular complexity index is 1610. The van der Waals surface area contributed by atoms with E-state index in [1.165, 1.54) is 4.90 Å². The van der Waals surface area contributed by atoms with Gasteiger partial charge < -0.3 is 25.4 Å². The fraction of sp³-hybridized carbons (Fsp3) is 0.306. The number of nitrogens with one attached hydrogen (secondary N) is 2. The molecular formula is C36H41N3O5. The van der Waals surface area contributed by atoms with E-state index in [4.69, 9.17) is 4.74 Å². The van der Waals surface area contributed by atoms with E-state index in [0.717, 1.165) is 27.5 Å². The monoisotopic (exact) mass is 595 g/mol. The normalized spacial score (nSPS) is 12.7. The molecule has 0 fully saturated rings. The summed E-state index contributed by atoms with van der Waals surface area (Å²) in [6, 6.07) is 26.2. The number of carbonyl (C=O) groups is 3. The minimum Gasteiger partial charge on any atom is -0.444 e. The second-order valence-corrected chi connectivity index (χ2v) is 11.9. The van der Waals surface area contributed by atoms with Crippen LogP contribution in [-0.4, -0.2) is 52.7 Å². The van der Waals surface area contributed by atoms with Crippen molar-refractivity contribution in [3.05, 3.63) is 113 Å². The van der Waals surface area contributed by atoms with Gasteiger partial charge in [-0.3, -0.25) is 9.59 Å². The number of aliphatic hydroxyl groups is 1. The van der Waals surface area contributed by atoms with Gasteiger partial charge in [0.15, 0.2) is 0 Å². The summed E-state index contributed by atoms with van der Waals surface area (Å²) in [4.78, 5) is 42.8. The van der Waals surface area contributed by atoms with Crippen LogP contribution in [0.15, 0.2) is 91.0 Å². The molecule has 0 saturated heterocycles. The highest BCUT2D eigenvalue weighted by Crippen LogP contribution is 2.28. The molecule has 3 amide bonds. The smallest absolute Gasteiger partial charge is 0.408 e. The fourth-order valence-corrected chi connectivity index (χ4v) is 5.06. The molecule has 230 valence electrons. The highest BCUT2D eigenvalue weighted by atomic mass is 16.6. The molecule has 0 aliphatic heterocycles. The SMILES string of the molecule is Cc1ccc(C(C(=O)Nc2ccc3ccccc3c2)N(CCO)C(=O)C(Cc2ccccc2)NC(=O)OC(C)(C)C)cc1C. The number of benzene rings is 4. The summed E-state index contributed by atoms with van der Waals surface area (Å²) in [6.45, 7) is 8.62. The number of ether oxygens (including phenoxy) is 1. The standard InChI is InChI=1S/C36H41N3O5/c1-24-15-16-29(21-25(24)2)32(33(41)37-30-18-17-27-13-9-10-14-28(27)23-30)39(19-20-40)34(42)31(22-26-11-7-6-8-12-26)38-35(43)44-36(3,4)5/h6-18,21,23,31-32,40H,19-20,22H2,1-5H3,(H,37,41)(H,38,43). The molecule has 0 spiro atoms. The van der Waals surface area contributed by atoms with Gasteiger partial charge in [-0.1, -0.05) is 78.9 Å². The Hall–Kier alpha value is -4.69. The Labute approximate surface area is 259 Å².